The molecule has 9 heteroatoms. The van der Waals surface area contributed by atoms with Crippen LogP contribution in [-0.2, 0) is 9.53 Å². The van der Waals surface area contributed by atoms with Crippen molar-refractivity contribution in [2.24, 2.45) is 22.6 Å². The monoisotopic (exact) mass is 348 g/mol. The number of hydrazone groups is 1. The molecule has 0 aromatic heterocycles. The molecule has 5 N–H and O–H groups in total. The maximum atomic E-state index is 12.1. The van der Waals surface area contributed by atoms with E-state index < -0.39 is 5.78 Å². The first-order valence-electron chi connectivity index (χ1n) is 8.15. The van der Waals surface area contributed by atoms with Crippen molar-refractivity contribution in [3.63, 3.8) is 0 Å². The topological polar surface area (TPSA) is 138 Å². The molecule has 1 saturated heterocycles. The van der Waals surface area contributed by atoms with Gasteiger partial charge in [0.25, 0.3) is 0 Å². The number of amides is 1. The van der Waals surface area contributed by atoms with E-state index in [2.05, 4.69) is 5.10 Å². The van der Waals surface area contributed by atoms with Crippen LogP contribution in [0.15, 0.2) is 29.4 Å². The number of carbonyl (C=O) groups is 2. The second kappa shape index (κ2) is 8.86. The van der Waals surface area contributed by atoms with Crippen LogP contribution < -0.4 is 11.6 Å². The maximum Gasteiger partial charge on any atom is 0.409 e. The van der Waals surface area contributed by atoms with Gasteiger partial charge in [0.05, 0.1) is 13.0 Å². The van der Waals surface area contributed by atoms with Crippen LogP contribution >= 0.6 is 0 Å². The standard InChI is InChI=1S/C16H24N6O3/c17-14(10-13(23)15(18)20-19)21-6-8-22(9-7-21)16(24)25-11-12-4-2-1-3-5-12/h1-4,12,17H,5-11,19H2,(H2,18,20). The van der Waals surface area contributed by atoms with Crippen LogP contribution in [0.1, 0.15) is 12.8 Å². The molecule has 0 aromatic rings. The first kappa shape index (κ1) is 18.5. The number of nitrogens with zero attached hydrogens (tertiary/aromatic N) is 3. The molecular weight excluding hydrogens is 324 g/mol. The molecule has 1 unspecified atom stereocenters. The molecule has 0 spiro atoms. The minimum Gasteiger partial charge on any atom is -0.449 e. The van der Waals surface area contributed by atoms with E-state index in [-0.39, 0.29) is 30.1 Å². The highest BCUT2D eigenvalue weighted by molar-refractivity contribution is 6.41. The van der Waals surface area contributed by atoms with E-state index in [9.17, 15) is 9.59 Å². The second-order valence-electron chi connectivity index (χ2n) is 5.92. The van der Waals surface area contributed by atoms with Crippen LogP contribution in [0.2, 0.25) is 0 Å². The number of carbonyl (C=O) groups excluding carboxylic acids is 2. The molecule has 136 valence electrons. The van der Waals surface area contributed by atoms with E-state index in [1.165, 1.54) is 0 Å². The molecule has 25 heavy (non-hydrogen) atoms. The van der Waals surface area contributed by atoms with Crippen LogP contribution in [0, 0.1) is 11.3 Å². The molecule has 0 saturated carbocycles. The van der Waals surface area contributed by atoms with Gasteiger partial charge < -0.3 is 26.1 Å². The van der Waals surface area contributed by atoms with Crippen LogP contribution in [0.3, 0.4) is 0 Å². The summed E-state index contributed by atoms with van der Waals surface area (Å²) < 4.78 is 5.36. The Balaban J connectivity index is 1.72. The third-order valence-electron chi connectivity index (χ3n) is 4.16. The molecule has 1 atom stereocenters. The predicted molar refractivity (Wildman–Crippen MR) is 94.0 cm³/mol. The van der Waals surface area contributed by atoms with Crippen LogP contribution in [0.25, 0.3) is 0 Å². The number of hydrogen-bond acceptors (Lipinski definition) is 6. The van der Waals surface area contributed by atoms with Crippen molar-refractivity contribution in [1.82, 2.24) is 9.80 Å². The largest absolute Gasteiger partial charge is 0.449 e. The highest BCUT2D eigenvalue weighted by Gasteiger charge is 2.25. The number of nitrogens with two attached hydrogens (primary N) is 2. The Hall–Kier alpha value is -2.84. The molecular formula is C16H24N6O3. The molecule has 1 fully saturated rings. The minimum atomic E-state index is -0.482. The summed E-state index contributed by atoms with van der Waals surface area (Å²) in [5.41, 5.74) is 5.33. The van der Waals surface area contributed by atoms with Gasteiger partial charge in [-0.3, -0.25) is 10.2 Å². The molecule has 2 rings (SSSR count). The Bertz CT molecular complexity index is 605. The van der Waals surface area contributed by atoms with E-state index in [1.807, 2.05) is 24.3 Å². The normalized spacial score (nSPS) is 20.5. The number of ketones is 1. The lowest BCUT2D eigenvalue weighted by Gasteiger charge is -2.35. The van der Waals surface area contributed by atoms with Gasteiger partial charge in [-0.1, -0.05) is 24.3 Å². The summed E-state index contributed by atoms with van der Waals surface area (Å²) in [7, 11) is 0. The first-order valence-corrected chi connectivity index (χ1v) is 8.15. The van der Waals surface area contributed by atoms with Gasteiger partial charge in [0, 0.05) is 32.1 Å². The van der Waals surface area contributed by atoms with Gasteiger partial charge in [0.2, 0.25) is 5.78 Å². The Morgan fingerprint density at radius 1 is 1.20 bits per heavy atom. The third-order valence-corrected chi connectivity index (χ3v) is 4.16. The van der Waals surface area contributed by atoms with Gasteiger partial charge in [0.15, 0.2) is 5.84 Å². The summed E-state index contributed by atoms with van der Waals surface area (Å²) in [5, 5.41) is 11.1. The van der Waals surface area contributed by atoms with E-state index in [0.29, 0.717) is 32.8 Å². The highest BCUT2D eigenvalue weighted by Crippen LogP contribution is 2.13. The quantitative estimate of drug-likeness (QED) is 0.277. The van der Waals surface area contributed by atoms with Crippen molar-refractivity contribution in [1.29, 1.82) is 5.41 Å². The number of ether oxygens (including phenoxy) is 1. The lowest BCUT2D eigenvalue weighted by Crippen LogP contribution is -2.51. The van der Waals surface area contributed by atoms with Gasteiger partial charge in [-0.05, 0) is 6.42 Å². The Labute approximate surface area is 146 Å². The zero-order chi connectivity index (χ0) is 18.2. The second-order valence-corrected chi connectivity index (χ2v) is 5.92. The fourth-order valence-electron chi connectivity index (χ4n) is 2.61. The Kier molecular flexibility index (Phi) is 6.55. The zero-order valence-electron chi connectivity index (χ0n) is 14.1. The summed E-state index contributed by atoms with van der Waals surface area (Å²) in [6.45, 7) is 2.17. The molecule has 0 radical (unpaired) electrons. The van der Waals surface area contributed by atoms with Crippen LogP contribution in [0.5, 0.6) is 0 Å². The fourth-order valence-corrected chi connectivity index (χ4v) is 2.61. The number of piperazine rings is 1. The van der Waals surface area contributed by atoms with Crippen molar-refractivity contribution in [3.8, 4) is 0 Å². The average molecular weight is 348 g/mol. The minimum absolute atomic E-state index is 0.142. The van der Waals surface area contributed by atoms with Crippen molar-refractivity contribution in [3.05, 3.63) is 24.3 Å². The summed E-state index contributed by atoms with van der Waals surface area (Å²) in [5.74, 6) is 4.55. The van der Waals surface area contributed by atoms with Gasteiger partial charge in [-0.2, -0.15) is 5.10 Å². The number of hydrogen-bond donors (Lipinski definition) is 3. The molecule has 0 bridgehead atoms. The van der Waals surface area contributed by atoms with E-state index in [0.717, 1.165) is 6.42 Å². The Morgan fingerprint density at radius 2 is 1.88 bits per heavy atom. The Morgan fingerprint density at radius 3 is 2.48 bits per heavy atom. The van der Waals surface area contributed by atoms with Crippen molar-refractivity contribution in [2.45, 2.75) is 12.8 Å². The maximum absolute atomic E-state index is 12.1. The molecule has 1 heterocycles. The first-order chi connectivity index (χ1) is 12.0. The van der Waals surface area contributed by atoms with Gasteiger partial charge >= 0.3 is 6.09 Å². The van der Waals surface area contributed by atoms with Gasteiger partial charge in [0.1, 0.15) is 5.84 Å². The zero-order valence-corrected chi connectivity index (χ0v) is 14.1. The summed E-state index contributed by atoms with van der Waals surface area (Å²) in [6.07, 6.45) is 8.38. The lowest BCUT2D eigenvalue weighted by molar-refractivity contribution is -0.112. The van der Waals surface area contributed by atoms with Crippen LogP contribution in [0.4, 0.5) is 4.79 Å². The SMILES string of the molecule is N=C(CC(=O)C(N)=NN)N1CCN(C(=O)OCC2C=CC=CC2)CC1. The highest BCUT2D eigenvalue weighted by atomic mass is 16.6. The summed E-state index contributed by atoms with van der Waals surface area (Å²) in [4.78, 5) is 27.1. The van der Waals surface area contributed by atoms with Crippen LogP contribution in [-0.4, -0.2) is 66.1 Å². The predicted octanol–water partition coefficient (Wildman–Crippen LogP) is 0.0403. The average Bonchev–Trinajstić information content (AvgIpc) is 2.66. The third kappa shape index (κ3) is 5.33. The molecule has 1 amide bonds. The van der Waals surface area contributed by atoms with E-state index >= 15 is 0 Å². The molecule has 9 nitrogen and oxygen atoms in total. The van der Waals surface area contributed by atoms with Crippen molar-refractivity contribution in [2.75, 3.05) is 32.8 Å². The molecule has 1 aliphatic heterocycles. The molecule has 2 aliphatic rings. The van der Waals surface area contributed by atoms with Gasteiger partial charge in [-0.25, -0.2) is 4.79 Å². The lowest BCUT2D eigenvalue weighted by atomic mass is 10.0. The number of nitrogens with one attached hydrogen (secondary N) is 1. The smallest absolute Gasteiger partial charge is 0.409 e. The van der Waals surface area contributed by atoms with E-state index in [1.54, 1.807) is 9.80 Å². The van der Waals surface area contributed by atoms with Crippen molar-refractivity contribution < 1.29 is 14.3 Å². The number of rotatable bonds is 5. The summed E-state index contributed by atoms with van der Waals surface area (Å²) in [6, 6.07) is 0. The van der Waals surface area contributed by atoms with Crippen molar-refractivity contribution >= 4 is 23.5 Å². The number of allylic oxidation sites excluding steroid dienone is 3. The molecule has 1 aliphatic carbocycles. The van der Waals surface area contributed by atoms with E-state index in [4.69, 9.17) is 21.7 Å². The van der Waals surface area contributed by atoms with Gasteiger partial charge in [-0.15, -0.1) is 0 Å². The summed E-state index contributed by atoms with van der Waals surface area (Å²) >= 11 is 0. The number of amidine groups is 2. The molecule has 0 aromatic carbocycles. The number of Topliss-reactive ketones (excluding diaryl/α,β-unsaturated/α-hetero) is 1. The fraction of sp³-hybridized carbons (Fsp3) is 0.500.